The minimum atomic E-state index is -0.958. The fourth-order valence-corrected chi connectivity index (χ4v) is 2.85. The van der Waals surface area contributed by atoms with Crippen LogP contribution in [0.4, 0.5) is 4.39 Å². The molecule has 2 aromatic rings. The van der Waals surface area contributed by atoms with Crippen LogP contribution in [0.25, 0.3) is 10.9 Å². The van der Waals surface area contributed by atoms with Gasteiger partial charge < -0.3 is 14.7 Å². The predicted octanol–water partition coefficient (Wildman–Crippen LogP) is 2.00. The first kappa shape index (κ1) is 16.3. The lowest BCUT2D eigenvalue weighted by atomic mass is 10.1. The molecule has 1 aliphatic rings. The first-order valence-corrected chi connectivity index (χ1v) is 7.63. The van der Waals surface area contributed by atoms with Gasteiger partial charge in [-0.3, -0.25) is 14.6 Å². The van der Waals surface area contributed by atoms with Crippen molar-refractivity contribution in [3.05, 3.63) is 41.3 Å². The number of hydrogen-bond donors (Lipinski definition) is 1. The maximum atomic E-state index is 13.3. The summed E-state index contributed by atoms with van der Waals surface area (Å²) in [4.78, 5) is 29.5. The number of fused-ring (bicyclic) bond motifs is 1. The van der Waals surface area contributed by atoms with Crippen molar-refractivity contribution < 1.29 is 23.8 Å². The molecule has 1 saturated heterocycles. The Morgan fingerprint density at radius 1 is 1.42 bits per heavy atom. The number of carbonyl (C=O) groups excluding carboxylic acids is 1. The quantitative estimate of drug-likeness (QED) is 0.930. The molecule has 0 radical (unpaired) electrons. The van der Waals surface area contributed by atoms with Gasteiger partial charge in [-0.25, -0.2) is 4.39 Å². The number of hydrogen-bond acceptors (Lipinski definition) is 4. The van der Waals surface area contributed by atoms with Crippen LogP contribution in [0.3, 0.4) is 0 Å². The molecule has 1 aliphatic heterocycles. The Balaban J connectivity index is 1.86. The molecular weight excluding hydrogens is 315 g/mol. The van der Waals surface area contributed by atoms with Gasteiger partial charge in [-0.15, -0.1) is 0 Å². The van der Waals surface area contributed by atoms with Crippen LogP contribution in [0, 0.1) is 12.7 Å². The zero-order valence-corrected chi connectivity index (χ0v) is 13.2. The van der Waals surface area contributed by atoms with E-state index in [2.05, 4.69) is 4.98 Å². The second-order valence-corrected chi connectivity index (χ2v) is 5.80. The molecule has 2 heterocycles. The van der Waals surface area contributed by atoms with Crippen LogP contribution in [0.15, 0.2) is 24.3 Å². The molecule has 0 saturated carbocycles. The fraction of sp³-hybridized carbons (Fsp3) is 0.353. The van der Waals surface area contributed by atoms with Crippen molar-refractivity contribution in [2.24, 2.45) is 0 Å². The average Bonchev–Trinajstić information content (AvgIpc) is 2.53. The smallest absolute Gasteiger partial charge is 0.306 e. The van der Waals surface area contributed by atoms with Crippen molar-refractivity contribution in [1.29, 1.82) is 0 Å². The van der Waals surface area contributed by atoms with Gasteiger partial charge in [0.05, 0.1) is 35.9 Å². The minimum absolute atomic E-state index is 0.141. The second-order valence-electron chi connectivity index (χ2n) is 5.80. The van der Waals surface area contributed by atoms with Crippen LogP contribution in [0.1, 0.15) is 22.5 Å². The number of pyridine rings is 1. The molecule has 3 rings (SSSR count). The van der Waals surface area contributed by atoms with Crippen LogP contribution < -0.4 is 0 Å². The monoisotopic (exact) mass is 332 g/mol. The van der Waals surface area contributed by atoms with E-state index in [1.165, 1.54) is 12.1 Å². The Hall–Kier alpha value is -2.54. The van der Waals surface area contributed by atoms with E-state index < -0.39 is 12.1 Å². The average molecular weight is 332 g/mol. The summed E-state index contributed by atoms with van der Waals surface area (Å²) in [6.07, 6.45) is -0.652. The SMILES string of the molecule is Cc1nc2cc(F)ccc2cc1C(=O)N1CCO[C@@H](CC(=O)O)C1. The molecule has 1 atom stereocenters. The van der Waals surface area contributed by atoms with Crippen molar-refractivity contribution in [3.8, 4) is 0 Å². The molecule has 1 aromatic carbocycles. The van der Waals surface area contributed by atoms with E-state index in [0.29, 0.717) is 35.3 Å². The highest BCUT2D eigenvalue weighted by atomic mass is 19.1. The van der Waals surface area contributed by atoms with Gasteiger partial charge in [0.1, 0.15) is 5.82 Å². The molecule has 24 heavy (non-hydrogen) atoms. The lowest BCUT2D eigenvalue weighted by Crippen LogP contribution is -2.46. The third-order valence-corrected chi connectivity index (χ3v) is 4.03. The summed E-state index contributed by atoms with van der Waals surface area (Å²) in [7, 11) is 0. The maximum Gasteiger partial charge on any atom is 0.306 e. The summed E-state index contributed by atoms with van der Waals surface area (Å²) in [5, 5.41) is 9.55. The molecule has 0 bridgehead atoms. The maximum absolute atomic E-state index is 13.3. The number of rotatable bonds is 3. The molecule has 1 fully saturated rings. The van der Waals surface area contributed by atoms with Crippen molar-refractivity contribution in [3.63, 3.8) is 0 Å². The number of benzene rings is 1. The number of amides is 1. The normalized spacial score (nSPS) is 17.9. The third kappa shape index (κ3) is 3.35. The van der Waals surface area contributed by atoms with Crippen molar-refractivity contribution in [2.75, 3.05) is 19.7 Å². The number of aromatic nitrogens is 1. The Kier molecular flexibility index (Phi) is 4.44. The van der Waals surface area contributed by atoms with Gasteiger partial charge in [-0.05, 0) is 25.1 Å². The first-order chi connectivity index (χ1) is 11.4. The predicted molar refractivity (Wildman–Crippen MR) is 84.3 cm³/mol. The van der Waals surface area contributed by atoms with Gasteiger partial charge in [0, 0.05) is 24.5 Å². The van der Waals surface area contributed by atoms with Gasteiger partial charge in [-0.2, -0.15) is 0 Å². The van der Waals surface area contributed by atoms with Crippen LogP contribution in [0.2, 0.25) is 0 Å². The van der Waals surface area contributed by atoms with Gasteiger partial charge in [0.25, 0.3) is 5.91 Å². The minimum Gasteiger partial charge on any atom is -0.481 e. The van der Waals surface area contributed by atoms with E-state index >= 15 is 0 Å². The lowest BCUT2D eigenvalue weighted by molar-refractivity contribution is -0.141. The van der Waals surface area contributed by atoms with E-state index in [9.17, 15) is 14.0 Å². The molecule has 1 aromatic heterocycles. The third-order valence-electron chi connectivity index (χ3n) is 4.03. The molecule has 0 spiro atoms. The Morgan fingerprint density at radius 3 is 2.96 bits per heavy atom. The zero-order chi connectivity index (χ0) is 17.3. The highest BCUT2D eigenvalue weighted by Crippen LogP contribution is 2.20. The second kappa shape index (κ2) is 6.52. The fourth-order valence-electron chi connectivity index (χ4n) is 2.85. The van der Waals surface area contributed by atoms with Gasteiger partial charge >= 0.3 is 5.97 Å². The summed E-state index contributed by atoms with van der Waals surface area (Å²) < 4.78 is 18.7. The summed E-state index contributed by atoms with van der Waals surface area (Å²) in [6, 6.07) is 5.93. The van der Waals surface area contributed by atoms with Crippen molar-refractivity contribution in [2.45, 2.75) is 19.4 Å². The highest BCUT2D eigenvalue weighted by Gasteiger charge is 2.27. The van der Waals surface area contributed by atoms with Crippen LogP contribution >= 0.6 is 0 Å². The molecule has 6 nitrogen and oxygen atoms in total. The van der Waals surface area contributed by atoms with Gasteiger partial charge in [-0.1, -0.05) is 0 Å². The van der Waals surface area contributed by atoms with E-state index in [1.807, 2.05) is 0 Å². The number of aliphatic carboxylic acids is 1. The van der Waals surface area contributed by atoms with E-state index in [1.54, 1.807) is 24.0 Å². The van der Waals surface area contributed by atoms with E-state index in [-0.39, 0.29) is 24.7 Å². The number of carboxylic acids is 1. The first-order valence-electron chi connectivity index (χ1n) is 7.63. The molecule has 0 aliphatic carbocycles. The van der Waals surface area contributed by atoms with Gasteiger partial charge in [0.2, 0.25) is 0 Å². The largest absolute Gasteiger partial charge is 0.481 e. The Morgan fingerprint density at radius 2 is 2.21 bits per heavy atom. The standard InChI is InChI=1S/C17H17FN2O4/c1-10-14(6-11-2-3-12(18)7-15(11)19-10)17(23)20-4-5-24-13(9-20)8-16(21)22/h2-3,6-7,13H,4-5,8-9H2,1H3,(H,21,22)/t13-/m0/s1. The summed E-state index contributed by atoms with van der Waals surface area (Å²) in [5.41, 5.74) is 1.44. The summed E-state index contributed by atoms with van der Waals surface area (Å²) in [5.74, 6) is -1.55. The van der Waals surface area contributed by atoms with Crippen molar-refractivity contribution in [1.82, 2.24) is 9.88 Å². The van der Waals surface area contributed by atoms with E-state index in [4.69, 9.17) is 9.84 Å². The summed E-state index contributed by atoms with van der Waals surface area (Å²) in [6.45, 7) is 2.63. The molecule has 1 amide bonds. The number of nitrogens with zero attached hydrogens (tertiary/aromatic N) is 2. The summed E-state index contributed by atoms with van der Waals surface area (Å²) >= 11 is 0. The number of aryl methyl sites for hydroxylation is 1. The van der Waals surface area contributed by atoms with Crippen LogP contribution in [0.5, 0.6) is 0 Å². The molecule has 126 valence electrons. The zero-order valence-electron chi connectivity index (χ0n) is 13.2. The molecule has 7 heteroatoms. The number of carbonyl (C=O) groups is 2. The number of morpholine rings is 1. The van der Waals surface area contributed by atoms with Gasteiger partial charge in [0.15, 0.2) is 0 Å². The highest BCUT2D eigenvalue weighted by molar-refractivity contribution is 5.98. The van der Waals surface area contributed by atoms with Crippen molar-refractivity contribution >= 4 is 22.8 Å². The molecule has 0 unspecified atom stereocenters. The Labute approximate surface area is 137 Å². The number of halogens is 1. The topological polar surface area (TPSA) is 79.7 Å². The van der Waals surface area contributed by atoms with E-state index in [0.717, 1.165) is 0 Å². The lowest BCUT2D eigenvalue weighted by Gasteiger charge is -2.32. The van der Waals surface area contributed by atoms with Crippen LogP contribution in [-0.2, 0) is 9.53 Å². The van der Waals surface area contributed by atoms with Crippen LogP contribution in [-0.4, -0.2) is 52.7 Å². The number of ether oxygens (including phenoxy) is 1. The molecule has 1 N–H and O–H groups in total. The number of carboxylic acid groups (broad SMARTS) is 1. The Bertz CT molecular complexity index is 809. The molecular formula is C17H17FN2O4.